The maximum absolute atomic E-state index is 12.6. The van der Waals surface area contributed by atoms with Crippen LogP contribution >= 0.6 is 11.3 Å². The third kappa shape index (κ3) is 4.36. The lowest BCUT2D eigenvalue weighted by Crippen LogP contribution is -2.11. The van der Waals surface area contributed by atoms with Crippen molar-refractivity contribution in [3.8, 4) is 22.7 Å². The van der Waals surface area contributed by atoms with Gasteiger partial charge in [0.25, 0.3) is 5.91 Å². The number of nitrogens with one attached hydrogen (secondary N) is 1. The van der Waals surface area contributed by atoms with Crippen LogP contribution in [0.25, 0.3) is 16.9 Å². The fourth-order valence-corrected chi connectivity index (χ4v) is 3.53. The molecule has 1 amide bonds. The predicted octanol–water partition coefficient (Wildman–Crippen LogP) is 5.16. The molecule has 2 aromatic carbocycles. The average molecular weight is 426 g/mol. The lowest BCUT2D eigenvalue weighted by molar-refractivity contribution is -0.0494. The maximum Gasteiger partial charge on any atom is 0.387 e. The van der Waals surface area contributed by atoms with E-state index in [0.717, 1.165) is 11.3 Å². The Labute approximate surface area is 174 Å². The topological polar surface area (TPSA) is 69.0 Å². The highest BCUT2D eigenvalue weighted by molar-refractivity contribution is 7.14. The Morgan fingerprint density at radius 2 is 1.93 bits per heavy atom. The molecule has 0 saturated carbocycles. The third-order valence-electron chi connectivity index (χ3n) is 4.21. The van der Waals surface area contributed by atoms with Crippen LogP contribution in [0.2, 0.25) is 0 Å². The number of alkyl halides is 2. The van der Waals surface area contributed by atoms with Crippen molar-refractivity contribution in [1.29, 1.82) is 0 Å². The maximum atomic E-state index is 12.6. The number of nitrogens with zero attached hydrogens (tertiary/aromatic N) is 3. The molecule has 6 nitrogen and oxygen atoms in total. The van der Waals surface area contributed by atoms with E-state index >= 15 is 0 Å². The zero-order valence-electron chi connectivity index (χ0n) is 15.8. The van der Waals surface area contributed by atoms with Crippen LogP contribution in [0.1, 0.15) is 15.9 Å². The molecule has 30 heavy (non-hydrogen) atoms. The number of aryl methyl sites for hydroxylation is 1. The zero-order chi connectivity index (χ0) is 21.1. The van der Waals surface area contributed by atoms with Crippen molar-refractivity contribution in [3.63, 3.8) is 0 Å². The van der Waals surface area contributed by atoms with Crippen LogP contribution in [0.5, 0.6) is 5.75 Å². The molecule has 152 valence electrons. The predicted molar refractivity (Wildman–Crippen MR) is 110 cm³/mol. The quantitative estimate of drug-likeness (QED) is 0.463. The Kier molecular flexibility index (Phi) is 5.53. The second-order valence-corrected chi connectivity index (χ2v) is 7.23. The third-order valence-corrected chi connectivity index (χ3v) is 4.97. The molecule has 0 spiro atoms. The van der Waals surface area contributed by atoms with Crippen molar-refractivity contribution in [1.82, 2.24) is 14.8 Å². The molecular weight excluding hydrogens is 410 g/mol. The van der Waals surface area contributed by atoms with E-state index in [1.165, 1.54) is 17.4 Å². The lowest BCUT2D eigenvalue weighted by Gasteiger charge is -2.08. The van der Waals surface area contributed by atoms with Crippen LogP contribution in [0.15, 0.2) is 66.3 Å². The van der Waals surface area contributed by atoms with Crippen LogP contribution in [0.4, 0.5) is 13.9 Å². The second-order valence-electron chi connectivity index (χ2n) is 6.38. The summed E-state index contributed by atoms with van der Waals surface area (Å²) >= 11 is 1.20. The number of hydrogen-bond donors (Lipinski definition) is 1. The smallest absolute Gasteiger partial charge is 0.387 e. The first kappa shape index (κ1) is 19.7. The van der Waals surface area contributed by atoms with Gasteiger partial charge in [0, 0.05) is 22.7 Å². The van der Waals surface area contributed by atoms with Gasteiger partial charge in [-0.05, 0) is 48.9 Å². The van der Waals surface area contributed by atoms with Crippen molar-refractivity contribution >= 4 is 22.4 Å². The number of anilines is 1. The summed E-state index contributed by atoms with van der Waals surface area (Å²) in [7, 11) is 0. The Hall–Kier alpha value is -3.59. The molecule has 4 aromatic rings. The summed E-state index contributed by atoms with van der Waals surface area (Å²) in [6.07, 6.45) is 3.65. The van der Waals surface area contributed by atoms with E-state index < -0.39 is 6.61 Å². The fourth-order valence-electron chi connectivity index (χ4n) is 2.82. The van der Waals surface area contributed by atoms with Gasteiger partial charge >= 0.3 is 6.61 Å². The van der Waals surface area contributed by atoms with Gasteiger partial charge in [-0.15, -0.1) is 11.3 Å². The largest absolute Gasteiger partial charge is 0.434 e. The minimum atomic E-state index is -2.93. The van der Waals surface area contributed by atoms with E-state index in [-0.39, 0.29) is 11.7 Å². The van der Waals surface area contributed by atoms with Gasteiger partial charge in [-0.2, -0.15) is 13.9 Å². The highest BCUT2D eigenvalue weighted by Crippen LogP contribution is 2.33. The molecule has 0 aliphatic heterocycles. The highest BCUT2D eigenvalue weighted by Gasteiger charge is 2.15. The zero-order valence-corrected chi connectivity index (χ0v) is 16.6. The molecule has 0 aliphatic rings. The number of carbonyl (C=O) groups is 1. The first-order valence-electron chi connectivity index (χ1n) is 8.92. The van der Waals surface area contributed by atoms with Crippen LogP contribution in [0, 0.1) is 6.92 Å². The monoisotopic (exact) mass is 426 g/mol. The van der Waals surface area contributed by atoms with Crippen LogP contribution < -0.4 is 10.1 Å². The van der Waals surface area contributed by atoms with Gasteiger partial charge in [-0.3, -0.25) is 10.1 Å². The van der Waals surface area contributed by atoms with Crippen LogP contribution in [-0.4, -0.2) is 27.3 Å². The fraction of sp³-hybridized carbons (Fsp3) is 0.0952. The summed E-state index contributed by atoms with van der Waals surface area (Å²) < 4.78 is 31.5. The average Bonchev–Trinajstić information content (AvgIpc) is 3.37. The van der Waals surface area contributed by atoms with Crippen molar-refractivity contribution in [2.24, 2.45) is 0 Å². The van der Waals surface area contributed by atoms with E-state index in [4.69, 9.17) is 0 Å². The molecule has 2 aromatic heterocycles. The molecule has 0 fully saturated rings. The molecule has 0 atom stereocenters. The van der Waals surface area contributed by atoms with Crippen LogP contribution in [0.3, 0.4) is 0 Å². The normalized spacial score (nSPS) is 10.9. The number of halogens is 2. The number of benzene rings is 2. The molecule has 0 unspecified atom stereocenters. The molecule has 0 radical (unpaired) electrons. The van der Waals surface area contributed by atoms with Gasteiger partial charge < -0.3 is 4.74 Å². The first-order chi connectivity index (χ1) is 14.5. The molecule has 0 bridgehead atoms. The second kappa shape index (κ2) is 8.42. The summed E-state index contributed by atoms with van der Waals surface area (Å²) in [5.41, 5.74) is 3.20. The van der Waals surface area contributed by atoms with E-state index in [2.05, 4.69) is 20.1 Å². The molecule has 2 heterocycles. The van der Waals surface area contributed by atoms with Crippen molar-refractivity contribution in [3.05, 3.63) is 77.4 Å². The molecule has 4 rings (SSSR count). The van der Waals surface area contributed by atoms with E-state index in [0.29, 0.717) is 22.0 Å². The SMILES string of the molecule is Cc1cnn(-c2ccc(C(=O)Nc3nc(-c4ccccc4OC(F)F)cs3)cc2)c1. The number of amides is 1. The summed E-state index contributed by atoms with van der Waals surface area (Å²) in [4.78, 5) is 16.9. The Balaban J connectivity index is 1.48. The number of rotatable bonds is 6. The number of hydrogen-bond acceptors (Lipinski definition) is 5. The standard InChI is InChI=1S/C21H16F2N4O2S/c1-13-10-24-27(11-13)15-8-6-14(7-9-15)19(28)26-21-25-17(12-30-21)16-4-2-3-5-18(16)29-20(22)23/h2-12,20H,1H3,(H,25,26,28). The van der Waals surface area contributed by atoms with Gasteiger partial charge in [-0.25, -0.2) is 9.67 Å². The summed E-state index contributed by atoms with van der Waals surface area (Å²) in [5.74, 6) is -0.295. The molecule has 9 heteroatoms. The van der Waals surface area contributed by atoms with E-state index in [1.54, 1.807) is 58.7 Å². The first-order valence-corrected chi connectivity index (χ1v) is 9.80. The number of para-hydroxylation sites is 1. The number of aromatic nitrogens is 3. The van der Waals surface area contributed by atoms with E-state index in [1.807, 2.05) is 13.1 Å². The molecule has 0 aliphatic carbocycles. The summed E-state index contributed by atoms with van der Waals surface area (Å²) in [5, 5.41) is 8.99. The minimum absolute atomic E-state index is 0.0279. The minimum Gasteiger partial charge on any atom is -0.434 e. The number of ether oxygens (including phenoxy) is 1. The van der Waals surface area contributed by atoms with Crippen molar-refractivity contribution in [2.75, 3.05) is 5.32 Å². The molecule has 0 saturated heterocycles. The molecular formula is C21H16F2N4O2S. The van der Waals surface area contributed by atoms with Crippen LogP contribution in [-0.2, 0) is 0 Å². The van der Waals surface area contributed by atoms with E-state index in [9.17, 15) is 13.6 Å². The van der Waals surface area contributed by atoms with Gasteiger partial charge in [0.05, 0.1) is 17.6 Å². The lowest BCUT2D eigenvalue weighted by atomic mass is 10.1. The van der Waals surface area contributed by atoms with Gasteiger partial charge in [0.2, 0.25) is 0 Å². The van der Waals surface area contributed by atoms with Gasteiger partial charge in [0.15, 0.2) is 5.13 Å². The summed E-state index contributed by atoms with van der Waals surface area (Å²) in [6, 6.07) is 13.4. The number of carbonyl (C=O) groups excluding carboxylic acids is 1. The van der Waals surface area contributed by atoms with Gasteiger partial charge in [-0.1, -0.05) is 12.1 Å². The summed E-state index contributed by atoms with van der Waals surface area (Å²) in [6.45, 7) is -0.983. The van der Waals surface area contributed by atoms with Crippen molar-refractivity contribution < 1.29 is 18.3 Å². The highest BCUT2D eigenvalue weighted by atomic mass is 32.1. The Bertz CT molecular complexity index is 1170. The number of thiazole rings is 1. The van der Waals surface area contributed by atoms with Crippen molar-refractivity contribution in [2.45, 2.75) is 13.5 Å². The van der Waals surface area contributed by atoms with Gasteiger partial charge in [0.1, 0.15) is 5.75 Å². The molecule has 1 N–H and O–H groups in total. The Morgan fingerprint density at radius 1 is 1.17 bits per heavy atom. The Morgan fingerprint density at radius 3 is 2.63 bits per heavy atom.